The van der Waals surface area contributed by atoms with Crippen molar-refractivity contribution in [2.24, 2.45) is 11.7 Å². The smallest absolute Gasteiger partial charge is 0.220 e. The van der Waals surface area contributed by atoms with Crippen molar-refractivity contribution in [1.82, 2.24) is 5.32 Å². The molecular formula is C20H32N2O4S. The van der Waals surface area contributed by atoms with E-state index >= 15 is 0 Å². The van der Waals surface area contributed by atoms with E-state index in [4.69, 9.17) is 10.5 Å². The molecule has 0 radical (unpaired) electrons. The molecule has 1 amide bonds. The Bertz CT molecular complexity index is 682. The Hall–Kier alpha value is -1.60. The molecule has 2 rings (SSSR count). The SMILES string of the molecule is CS(=O)(=O)c1ccc(OCCCCC(=O)NC(CN)C2CCCCC2)cc1. The molecule has 0 heterocycles. The zero-order valence-corrected chi connectivity index (χ0v) is 17.0. The summed E-state index contributed by atoms with van der Waals surface area (Å²) in [4.78, 5) is 12.4. The van der Waals surface area contributed by atoms with Gasteiger partial charge in [-0.15, -0.1) is 0 Å². The van der Waals surface area contributed by atoms with Crippen LogP contribution in [0.3, 0.4) is 0 Å². The second-order valence-electron chi connectivity index (χ2n) is 7.36. The van der Waals surface area contributed by atoms with Crippen LogP contribution >= 0.6 is 0 Å². The van der Waals surface area contributed by atoms with Crippen molar-refractivity contribution in [3.63, 3.8) is 0 Å². The van der Waals surface area contributed by atoms with Crippen molar-refractivity contribution in [1.29, 1.82) is 0 Å². The molecule has 1 unspecified atom stereocenters. The van der Waals surface area contributed by atoms with E-state index in [1.807, 2.05) is 0 Å². The number of rotatable bonds is 10. The molecule has 152 valence electrons. The summed E-state index contributed by atoms with van der Waals surface area (Å²) in [5.41, 5.74) is 5.86. The number of carbonyl (C=O) groups is 1. The minimum absolute atomic E-state index is 0.0635. The Kier molecular flexibility index (Phi) is 8.57. The number of carbonyl (C=O) groups excluding carboxylic acids is 1. The largest absolute Gasteiger partial charge is 0.494 e. The third-order valence-corrected chi connectivity index (χ3v) is 6.27. The first-order valence-electron chi connectivity index (χ1n) is 9.82. The fraction of sp³-hybridized carbons (Fsp3) is 0.650. The molecule has 0 aromatic heterocycles. The van der Waals surface area contributed by atoms with Gasteiger partial charge in [0.1, 0.15) is 5.75 Å². The van der Waals surface area contributed by atoms with E-state index in [-0.39, 0.29) is 16.8 Å². The van der Waals surface area contributed by atoms with Gasteiger partial charge in [0.15, 0.2) is 9.84 Å². The zero-order chi connectivity index (χ0) is 19.7. The van der Waals surface area contributed by atoms with Crippen molar-refractivity contribution in [2.75, 3.05) is 19.4 Å². The lowest BCUT2D eigenvalue weighted by Crippen LogP contribution is -2.45. The predicted octanol–water partition coefficient (Wildman–Crippen LogP) is 2.66. The lowest BCUT2D eigenvalue weighted by atomic mass is 9.84. The summed E-state index contributed by atoms with van der Waals surface area (Å²) in [5, 5.41) is 3.10. The number of benzene rings is 1. The molecule has 6 nitrogen and oxygen atoms in total. The zero-order valence-electron chi connectivity index (χ0n) is 16.2. The highest BCUT2D eigenvalue weighted by atomic mass is 32.2. The fourth-order valence-electron chi connectivity index (χ4n) is 3.55. The number of sulfone groups is 1. The standard InChI is InChI=1S/C20H32N2O4S/c1-27(24,25)18-12-10-17(11-13-18)26-14-6-5-9-20(23)22-19(15-21)16-7-3-2-4-8-16/h10-13,16,19H,2-9,14-15,21H2,1H3,(H,22,23). The average Bonchev–Trinajstić information content (AvgIpc) is 2.66. The van der Waals surface area contributed by atoms with E-state index in [1.54, 1.807) is 12.1 Å². The molecule has 27 heavy (non-hydrogen) atoms. The molecule has 0 saturated heterocycles. The number of hydrogen-bond donors (Lipinski definition) is 2. The van der Waals surface area contributed by atoms with Crippen LogP contribution in [0.4, 0.5) is 0 Å². The van der Waals surface area contributed by atoms with E-state index in [0.717, 1.165) is 25.7 Å². The Morgan fingerprint density at radius 2 is 1.85 bits per heavy atom. The van der Waals surface area contributed by atoms with Crippen molar-refractivity contribution in [3.8, 4) is 5.75 Å². The first-order chi connectivity index (χ1) is 12.9. The third-order valence-electron chi connectivity index (χ3n) is 5.14. The quantitative estimate of drug-likeness (QED) is 0.593. The van der Waals surface area contributed by atoms with E-state index in [1.165, 1.54) is 37.7 Å². The highest BCUT2D eigenvalue weighted by Crippen LogP contribution is 2.26. The van der Waals surface area contributed by atoms with E-state index in [2.05, 4.69) is 5.32 Å². The van der Waals surface area contributed by atoms with Gasteiger partial charge in [-0.2, -0.15) is 0 Å². The van der Waals surface area contributed by atoms with Crippen LogP contribution in [-0.4, -0.2) is 39.8 Å². The van der Waals surface area contributed by atoms with E-state index in [0.29, 0.717) is 31.2 Å². The van der Waals surface area contributed by atoms with Gasteiger partial charge < -0.3 is 15.8 Å². The highest BCUT2D eigenvalue weighted by molar-refractivity contribution is 7.90. The minimum atomic E-state index is -3.19. The van der Waals surface area contributed by atoms with Gasteiger partial charge in [0.05, 0.1) is 11.5 Å². The predicted molar refractivity (Wildman–Crippen MR) is 106 cm³/mol. The molecule has 3 N–H and O–H groups in total. The topological polar surface area (TPSA) is 98.5 Å². The third kappa shape index (κ3) is 7.50. The van der Waals surface area contributed by atoms with Gasteiger partial charge in [-0.1, -0.05) is 19.3 Å². The number of nitrogens with two attached hydrogens (primary N) is 1. The fourth-order valence-corrected chi connectivity index (χ4v) is 4.18. The van der Waals surface area contributed by atoms with Crippen LogP contribution in [0, 0.1) is 5.92 Å². The van der Waals surface area contributed by atoms with Crippen LogP contribution < -0.4 is 15.8 Å². The molecule has 0 aliphatic heterocycles. The first-order valence-corrected chi connectivity index (χ1v) is 11.7. The Labute approximate surface area is 162 Å². The van der Waals surface area contributed by atoms with Crippen LogP contribution in [0.15, 0.2) is 29.2 Å². The first kappa shape index (κ1) is 21.7. The number of unbranched alkanes of at least 4 members (excludes halogenated alkanes) is 1. The van der Waals surface area contributed by atoms with Crippen molar-refractivity contribution in [3.05, 3.63) is 24.3 Å². The van der Waals surface area contributed by atoms with Crippen molar-refractivity contribution < 1.29 is 17.9 Å². The van der Waals surface area contributed by atoms with Gasteiger partial charge in [0, 0.05) is 25.3 Å². The second-order valence-corrected chi connectivity index (χ2v) is 9.37. The highest BCUT2D eigenvalue weighted by Gasteiger charge is 2.23. The van der Waals surface area contributed by atoms with Gasteiger partial charge >= 0.3 is 0 Å². The lowest BCUT2D eigenvalue weighted by Gasteiger charge is -2.30. The maximum atomic E-state index is 12.2. The summed E-state index contributed by atoms with van der Waals surface area (Å²) in [6.45, 7) is 0.997. The number of ether oxygens (including phenoxy) is 1. The van der Waals surface area contributed by atoms with Crippen LogP contribution in [0.2, 0.25) is 0 Å². The molecule has 0 spiro atoms. The maximum absolute atomic E-state index is 12.2. The van der Waals surface area contributed by atoms with Gasteiger partial charge in [-0.3, -0.25) is 4.79 Å². The summed E-state index contributed by atoms with van der Waals surface area (Å²) in [6, 6.07) is 6.48. The summed E-state index contributed by atoms with van der Waals surface area (Å²) in [6.07, 6.45) is 9.24. The van der Waals surface area contributed by atoms with E-state index in [9.17, 15) is 13.2 Å². The minimum Gasteiger partial charge on any atom is -0.494 e. The molecule has 7 heteroatoms. The average molecular weight is 397 g/mol. The van der Waals surface area contributed by atoms with Crippen LogP contribution in [0.1, 0.15) is 51.4 Å². The normalized spacial score (nSPS) is 16.7. The monoisotopic (exact) mass is 396 g/mol. The Morgan fingerprint density at radius 3 is 2.44 bits per heavy atom. The summed E-state index contributed by atoms with van der Waals surface area (Å²) in [5.74, 6) is 1.21. The van der Waals surface area contributed by atoms with Gasteiger partial charge in [-0.05, 0) is 55.9 Å². The molecule has 0 bridgehead atoms. The molecule has 1 aliphatic carbocycles. The molecule has 1 aliphatic rings. The van der Waals surface area contributed by atoms with Crippen molar-refractivity contribution >= 4 is 15.7 Å². The summed E-state index contributed by atoms with van der Waals surface area (Å²) >= 11 is 0. The van der Waals surface area contributed by atoms with Gasteiger partial charge in [0.2, 0.25) is 5.91 Å². The van der Waals surface area contributed by atoms with Crippen LogP contribution in [0.5, 0.6) is 5.75 Å². The maximum Gasteiger partial charge on any atom is 0.220 e. The van der Waals surface area contributed by atoms with Gasteiger partial charge in [-0.25, -0.2) is 8.42 Å². The Morgan fingerprint density at radius 1 is 1.19 bits per heavy atom. The van der Waals surface area contributed by atoms with Crippen LogP contribution in [-0.2, 0) is 14.6 Å². The number of nitrogens with one attached hydrogen (secondary N) is 1. The molecule has 1 saturated carbocycles. The van der Waals surface area contributed by atoms with E-state index < -0.39 is 9.84 Å². The lowest BCUT2D eigenvalue weighted by molar-refractivity contribution is -0.122. The molecule has 1 fully saturated rings. The number of hydrogen-bond acceptors (Lipinski definition) is 5. The van der Waals surface area contributed by atoms with Crippen molar-refractivity contribution in [2.45, 2.75) is 62.3 Å². The molecule has 1 atom stereocenters. The molecule has 1 aromatic carbocycles. The Balaban J connectivity index is 1.63. The van der Waals surface area contributed by atoms with Crippen LogP contribution in [0.25, 0.3) is 0 Å². The molecular weight excluding hydrogens is 364 g/mol. The summed E-state index contributed by atoms with van der Waals surface area (Å²) in [7, 11) is -3.19. The second kappa shape index (κ2) is 10.7. The number of amides is 1. The summed E-state index contributed by atoms with van der Waals surface area (Å²) < 4.78 is 28.4. The van der Waals surface area contributed by atoms with Gasteiger partial charge in [0.25, 0.3) is 0 Å². The molecule has 1 aromatic rings.